The van der Waals surface area contributed by atoms with Gasteiger partial charge in [-0.15, -0.1) is 0 Å². The Morgan fingerprint density at radius 1 is 1.35 bits per heavy atom. The van der Waals surface area contributed by atoms with E-state index in [1.807, 2.05) is 0 Å². The van der Waals surface area contributed by atoms with Gasteiger partial charge < -0.3 is 5.32 Å². The van der Waals surface area contributed by atoms with Crippen LogP contribution in [0.2, 0.25) is 0 Å². The van der Waals surface area contributed by atoms with Crippen molar-refractivity contribution in [2.75, 3.05) is 6.54 Å². The van der Waals surface area contributed by atoms with Crippen LogP contribution < -0.4 is 10.6 Å². The zero-order valence-electron chi connectivity index (χ0n) is 11.2. The molecule has 0 bridgehead atoms. The third-order valence-electron chi connectivity index (χ3n) is 3.80. The number of carbonyl (C=O) groups is 1. The lowest BCUT2D eigenvalue weighted by molar-refractivity contribution is -0.129. The van der Waals surface area contributed by atoms with E-state index in [1.165, 1.54) is 0 Å². The van der Waals surface area contributed by atoms with E-state index in [2.05, 4.69) is 43.3 Å². The van der Waals surface area contributed by atoms with Crippen molar-refractivity contribution in [3.8, 4) is 0 Å². The van der Waals surface area contributed by atoms with E-state index < -0.39 is 0 Å². The molecule has 0 radical (unpaired) electrons. The smallest absolute Gasteiger partial charge is 0.252 e. The van der Waals surface area contributed by atoms with Crippen molar-refractivity contribution in [3.05, 3.63) is 0 Å². The van der Waals surface area contributed by atoms with Crippen LogP contribution in [0.25, 0.3) is 0 Å². The lowest BCUT2D eigenvalue weighted by Gasteiger charge is -2.44. The van der Waals surface area contributed by atoms with E-state index in [0.29, 0.717) is 23.7 Å². The fraction of sp³-hybridized carbons (Fsp3) is 0.846. The lowest BCUT2D eigenvalue weighted by atomic mass is 9.64. The number of hydrogen-bond acceptors (Lipinski definition) is 2. The Labute approximate surface area is 103 Å². The Morgan fingerprint density at radius 3 is 2.53 bits per heavy atom. The number of rotatable bonds is 3. The molecular formula is C13H23N3O. The van der Waals surface area contributed by atoms with E-state index in [-0.39, 0.29) is 11.4 Å². The summed E-state index contributed by atoms with van der Waals surface area (Å²) in [5.74, 6) is 2.62. The van der Waals surface area contributed by atoms with Gasteiger partial charge in [0.2, 0.25) is 0 Å². The molecule has 0 aromatic heterocycles. The molecule has 0 aromatic carbocycles. The first-order valence-corrected chi connectivity index (χ1v) is 6.57. The van der Waals surface area contributed by atoms with Gasteiger partial charge in [0.25, 0.3) is 5.91 Å². The van der Waals surface area contributed by atoms with Crippen LogP contribution in [0.4, 0.5) is 0 Å². The maximum absolute atomic E-state index is 11.9. The van der Waals surface area contributed by atoms with Gasteiger partial charge >= 0.3 is 0 Å². The first-order chi connectivity index (χ1) is 7.93. The number of nitrogens with zero attached hydrogens (tertiary/aromatic N) is 1. The third-order valence-corrected chi connectivity index (χ3v) is 3.80. The topological polar surface area (TPSA) is 53.5 Å². The second-order valence-electron chi connectivity index (χ2n) is 6.16. The summed E-state index contributed by atoms with van der Waals surface area (Å²) in [5, 5.41) is 6.14. The molecule has 2 rings (SSSR count). The Balaban J connectivity index is 1.95. The van der Waals surface area contributed by atoms with Crippen molar-refractivity contribution in [1.82, 2.24) is 10.6 Å². The Morgan fingerprint density at radius 2 is 2.00 bits per heavy atom. The van der Waals surface area contributed by atoms with Crippen molar-refractivity contribution in [1.29, 1.82) is 0 Å². The molecule has 1 aliphatic heterocycles. The number of carbonyl (C=O) groups excluding carboxylic acids is 1. The summed E-state index contributed by atoms with van der Waals surface area (Å²) in [4.78, 5) is 16.3. The van der Waals surface area contributed by atoms with Crippen LogP contribution in [-0.2, 0) is 4.79 Å². The van der Waals surface area contributed by atoms with E-state index in [4.69, 9.17) is 0 Å². The highest BCUT2D eigenvalue weighted by atomic mass is 16.2. The number of aliphatic imine (C=N–C) groups is 1. The normalized spacial score (nSPS) is 34.4. The molecule has 17 heavy (non-hydrogen) atoms. The summed E-state index contributed by atoms with van der Waals surface area (Å²) < 4.78 is 0. The second-order valence-corrected chi connectivity index (χ2v) is 6.16. The van der Waals surface area contributed by atoms with Gasteiger partial charge in [0.1, 0.15) is 5.54 Å². The minimum Gasteiger partial charge on any atom is -0.342 e. The fourth-order valence-electron chi connectivity index (χ4n) is 2.49. The van der Waals surface area contributed by atoms with E-state index >= 15 is 0 Å². The SMILES string of the molecule is CC(C)CN=C1NC(=O)C2(CC(C(C)C)C2)N1. The molecule has 4 nitrogen and oxygen atoms in total. The minimum absolute atomic E-state index is 0.108. The number of hydrogen-bond donors (Lipinski definition) is 2. The zero-order chi connectivity index (χ0) is 12.6. The van der Waals surface area contributed by atoms with Crippen LogP contribution in [0.3, 0.4) is 0 Å². The molecule has 0 unspecified atom stereocenters. The molecule has 1 spiro atoms. The summed E-state index contributed by atoms with van der Waals surface area (Å²) in [7, 11) is 0. The second kappa shape index (κ2) is 4.31. The van der Waals surface area contributed by atoms with E-state index in [0.717, 1.165) is 19.4 Å². The van der Waals surface area contributed by atoms with Crippen molar-refractivity contribution in [2.24, 2.45) is 22.7 Å². The van der Waals surface area contributed by atoms with Crippen LogP contribution in [0.1, 0.15) is 40.5 Å². The average Bonchev–Trinajstić information content (AvgIpc) is 2.49. The maximum Gasteiger partial charge on any atom is 0.252 e. The van der Waals surface area contributed by atoms with Crippen molar-refractivity contribution < 1.29 is 4.79 Å². The largest absolute Gasteiger partial charge is 0.342 e. The van der Waals surface area contributed by atoms with Gasteiger partial charge in [-0.2, -0.15) is 0 Å². The Kier molecular flexibility index (Phi) is 3.15. The minimum atomic E-state index is -0.343. The molecule has 0 atom stereocenters. The van der Waals surface area contributed by atoms with Gasteiger partial charge in [-0.05, 0) is 30.6 Å². The van der Waals surface area contributed by atoms with E-state index in [1.54, 1.807) is 0 Å². The fourth-order valence-corrected chi connectivity index (χ4v) is 2.49. The first-order valence-electron chi connectivity index (χ1n) is 6.57. The van der Waals surface area contributed by atoms with Gasteiger partial charge in [0.15, 0.2) is 5.96 Å². The zero-order valence-corrected chi connectivity index (χ0v) is 11.2. The summed E-state index contributed by atoms with van der Waals surface area (Å²) >= 11 is 0. The third kappa shape index (κ3) is 2.31. The molecule has 4 heteroatoms. The highest BCUT2D eigenvalue weighted by Gasteiger charge is 2.54. The molecule has 2 aliphatic rings. The quantitative estimate of drug-likeness (QED) is 0.782. The van der Waals surface area contributed by atoms with Crippen LogP contribution >= 0.6 is 0 Å². The van der Waals surface area contributed by atoms with Crippen molar-refractivity contribution >= 4 is 11.9 Å². The highest BCUT2D eigenvalue weighted by molar-refractivity contribution is 6.09. The average molecular weight is 237 g/mol. The molecule has 1 amide bonds. The predicted molar refractivity (Wildman–Crippen MR) is 68.7 cm³/mol. The Hall–Kier alpha value is -1.06. The summed E-state index contributed by atoms with van der Waals surface area (Å²) in [6, 6.07) is 0. The molecule has 1 saturated carbocycles. The summed E-state index contributed by atoms with van der Waals surface area (Å²) in [5.41, 5.74) is -0.343. The standard InChI is InChI=1S/C13H23N3O/c1-8(2)7-14-12-15-11(17)13(16-12)5-10(6-13)9(3)4/h8-10H,5-7H2,1-4H3,(H2,14,15,16,17). The molecule has 2 N–H and O–H groups in total. The predicted octanol–water partition coefficient (Wildman–Crippen LogP) is 1.52. The van der Waals surface area contributed by atoms with Gasteiger partial charge in [0, 0.05) is 6.54 Å². The summed E-state index contributed by atoms with van der Waals surface area (Å²) in [6.07, 6.45) is 1.88. The number of nitrogens with one attached hydrogen (secondary N) is 2. The molecular weight excluding hydrogens is 214 g/mol. The monoisotopic (exact) mass is 237 g/mol. The Bertz CT molecular complexity index is 341. The highest BCUT2D eigenvalue weighted by Crippen LogP contribution is 2.43. The molecule has 0 aromatic rings. The van der Waals surface area contributed by atoms with E-state index in [9.17, 15) is 4.79 Å². The molecule has 1 saturated heterocycles. The van der Waals surface area contributed by atoms with Crippen LogP contribution in [0.5, 0.6) is 0 Å². The van der Waals surface area contributed by atoms with Crippen molar-refractivity contribution in [2.45, 2.75) is 46.1 Å². The van der Waals surface area contributed by atoms with Crippen LogP contribution in [0, 0.1) is 17.8 Å². The lowest BCUT2D eigenvalue weighted by Crippen LogP contribution is -2.58. The van der Waals surface area contributed by atoms with Crippen molar-refractivity contribution in [3.63, 3.8) is 0 Å². The van der Waals surface area contributed by atoms with Crippen LogP contribution in [-0.4, -0.2) is 24.0 Å². The van der Waals surface area contributed by atoms with Gasteiger partial charge in [0.05, 0.1) is 0 Å². The van der Waals surface area contributed by atoms with Crippen LogP contribution in [0.15, 0.2) is 4.99 Å². The molecule has 96 valence electrons. The van der Waals surface area contributed by atoms with Gasteiger partial charge in [-0.1, -0.05) is 27.7 Å². The maximum atomic E-state index is 11.9. The molecule has 1 heterocycles. The van der Waals surface area contributed by atoms with Gasteiger partial charge in [-0.3, -0.25) is 15.1 Å². The molecule has 1 aliphatic carbocycles. The number of amides is 1. The molecule has 2 fully saturated rings. The summed E-state index contributed by atoms with van der Waals surface area (Å²) in [6.45, 7) is 9.44. The number of guanidine groups is 1. The van der Waals surface area contributed by atoms with Gasteiger partial charge in [-0.25, -0.2) is 0 Å². The first kappa shape index (κ1) is 12.4.